The quantitative estimate of drug-likeness (QED) is 0.469. The fraction of sp³-hybridized carbons (Fsp3) is 1.00. The molecule has 0 fully saturated rings. The Kier molecular flexibility index (Phi) is 10.0. The van der Waals surface area contributed by atoms with Crippen LogP contribution in [-0.4, -0.2) is 26.6 Å². The molecule has 0 N–H and O–H groups in total. The molecule has 0 bridgehead atoms. The average molecular weight is 374 g/mol. The molecule has 0 aliphatic heterocycles. The lowest BCUT2D eigenvalue weighted by molar-refractivity contribution is -0.0506. The van der Waals surface area contributed by atoms with E-state index in [9.17, 15) is 30.6 Å². The molecule has 0 saturated heterocycles. The Morgan fingerprint density at radius 3 is 1.91 bits per heavy atom. The molecule has 3 atom stereocenters. The number of halogens is 6. The minimum absolute atomic E-state index is 0.00970. The number of hydrogen-bond acceptors (Lipinski definition) is 3. The second-order valence-electron chi connectivity index (χ2n) is 4.70. The van der Waals surface area contributed by atoms with Crippen LogP contribution in [-0.2, 0) is 15.3 Å². The lowest BCUT2D eigenvalue weighted by Crippen LogP contribution is -2.33. The Labute approximate surface area is 133 Å². The van der Waals surface area contributed by atoms with Crippen molar-refractivity contribution in [1.82, 2.24) is 0 Å². The average Bonchev–Trinajstić information content (AvgIpc) is 2.36. The van der Waals surface area contributed by atoms with Crippen molar-refractivity contribution in [2.75, 3.05) is 0 Å². The minimum atomic E-state index is -5.09. The molecule has 0 aliphatic rings. The number of unbranched alkanes of at least 4 members (excludes halogenated alkanes) is 2. The largest absolute Gasteiger partial charge is 0.497 e. The smallest absolute Gasteiger partial charge is 0.279 e. The molecule has 2 nitrogen and oxygen atoms in total. The van der Waals surface area contributed by atoms with Crippen LogP contribution in [0.2, 0.25) is 0 Å². The van der Waals surface area contributed by atoms with Crippen molar-refractivity contribution >= 4 is 22.8 Å². The molecule has 134 valence electrons. The van der Waals surface area contributed by atoms with Crippen LogP contribution in [0.25, 0.3) is 0 Å². The summed E-state index contributed by atoms with van der Waals surface area (Å²) in [4.78, 5) is 0. The van der Waals surface area contributed by atoms with Gasteiger partial charge in [0.05, 0.1) is 6.10 Å². The molecule has 0 aromatic heterocycles. The van der Waals surface area contributed by atoms with Gasteiger partial charge in [0.25, 0.3) is 11.1 Å². The maximum atomic E-state index is 12.6. The fourth-order valence-electron chi connectivity index (χ4n) is 1.77. The summed E-state index contributed by atoms with van der Waals surface area (Å²) < 4.78 is 90.3. The third kappa shape index (κ3) is 9.94. The first kappa shape index (κ1) is 22.0. The summed E-state index contributed by atoms with van der Waals surface area (Å²) in [6, 6.07) is 0. The van der Waals surface area contributed by atoms with Crippen LogP contribution in [0, 0.1) is 0 Å². The van der Waals surface area contributed by atoms with Gasteiger partial charge in [-0.3, -0.25) is 4.18 Å². The number of hydrogen-bond donors (Lipinski definition) is 0. The van der Waals surface area contributed by atoms with E-state index in [1.54, 1.807) is 13.8 Å². The van der Waals surface area contributed by atoms with Crippen LogP contribution in [0.3, 0.4) is 0 Å². The monoisotopic (exact) mass is 374 g/mol. The van der Waals surface area contributed by atoms with Crippen molar-refractivity contribution in [2.45, 2.75) is 74.7 Å². The maximum absolute atomic E-state index is 12.6. The van der Waals surface area contributed by atoms with Crippen molar-refractivity contribution in [2.24, 2.45) is 0 Å². The highest BCUT2D eigenvalue weighted by Gasteiger charge is 2.43. The first-order valence-corrected chi connectivity index (χ1v) is 8.87. The van der Waals surface area contributed by atoms with Crippen molar-refractivity contribution < 1.29 is 34.7 Å². The molecule has 0 amide bonds. The zero-order valence-corrected chi connectivity index (χ0v) is 13.9. The van der Waals surface area contributed by atoms with Gasteiger partial charge in [-0.15, -0.1) is 0 Å². The fourth-order valence-corrected chi connectivity index (χ4v) is 3.37. The normalized spacial score (nSPS) is 17.3. The van der Waals surface area contributed by atoms with Gasteiger partial charge in [-0.25, -0.2) is 4.21 Å². The molecular weight excluding hydrogens is 354 g/mol. The summed E-state index contributed by atoms with van der Waals surface area (Å²) >= 11 is -3.98. The maximum Gasteiger partial charge on any atom is 0.497 e. The Morgan fingerprint density at radius 2 is 1.50 bits per heavy atom. The first-order valence-electron chi connectivity index (χ1n) is 6.91. The lowest BCUT2D eigenvalue weighted by atomic mass is 10.1. The van der Waals surface area contributed by atoms with Gasteiger partial charge in [-0.05, 0) is 24.6 Å². The Morgan fingerprint density at radius 1 is 1.00 bits per heavy atom. The summed E-state index contributed by atoms with van der Waals surface area (Å²) in [6.07, 6.45) is 0.757. The third-order valence-electron chi connectivity index (χ3n) is 2.78. The van der Waals surface area contributed by atoms with Gasteiger partial charge in [0, 0.05) is 5.25 Å². The van der Waals surface area contributed by atoms with Crippen LogP contribution in [0.1, 0.15) is 52.4 Å². The summed E-state index contributed by atoms with van der Waals surface area (Å²) in [5.74, 6) is 0. The number of alkyl halides is 6. The molecule has 0 radical (unpaired) electrons. The molecule has 0 saturated carbocycles. The molecular formula is C12H20F6O2S2. The van der Waals surface area contributed by atoms with Crippen molar-refractivity contribution in [3.63, 3.8) is 0 Å². The summed E-state index contributed by atoms with van der Waals surface area (Å²) in [5, 5.41) is -1.20. The molecule has 22 heavy (non-hydrogen) atoms. The van der Waals surface area contributed by atoms with Gasteiger partial charge in [0.2, 0.25) is 0 Å². The number of rotatable bonds is 10. The van der Waals surface area contributed by atoms with E-state index >= 15 is 0 Å². The standard InChI is InChI=1S/C12H20F6O2S2/c1-3-5-7-9(20-22(19)12(16,17)18)10(8-6-4-2)21-11(13,14)15/h9-10H,3-8H2,1-2H3/t9-,10-,22?/m0/s1. The lowest BCUT2D eigenvalue weighted by Gasteiger charge is -2.27. The topological polar surface area (TPSA) is 26.3 Å². The molecule has 0 aromatic carbocycles. The van der Waals surface area contributed by atoms with Gasteiger partial charge in [-0.2, -0.15) is 26.3 Å². The Balaban J connectivity index is 5.05. The van der Waals surface area contributed by atoms with Crippen LogP contribution in [0.4, 0.5) is 26.3 Å². The van der Waals surface area contributed by atoms with Crippen LogP contribution in [0.5, 0.6) is 0 Å². The van der Waals surface area contributed by atoms with E-state index in [-0.39, 0.29) is 24.6 Å². The van der Waals surface area contributed by atoms with Crippen molar-refractivity contribution in [3.05, 3.63) is 0 Å². The second kappa shape index (κ2) is 10.0. The molecule has 0 aliphatic carbocycles. The van der Waals surface area contributed by atoms with Crippen molar-refractivity contribution in [1.29, 1.82) is 0 Å². The molecule has 0 heterocycles. The second-order valence-corrected chi connectivity index (χ2v) is 7.13. The van der Waals surface area contributed by atoms with Crippen LogP contribution in [0.15, 0.2) is 0 Å². The zero-order chi connectivity index (χ0) is 17.4. The number of thioether (sulfide) groups is 1. The molecule has 1 unspecified atom stereocenters. The zero-order valence-electron chi connectivity index (χ0n) is 12.3. The first-order chi connectivity index (χ1) is 10.0. The SMILES string of the molecule is CCCC[C@H](OS(=O)C(F)(F)F)[C@H](CCCC)SC(F)(F)F. The third-order valence-corrected chi connectivity index (χ3v) is 4.69. The van der Waals surface area contributed by atoms with E-state index in [1.807, 2.05) is 0 Å². The predicted octanol–water partition coefficient (Wildman–Crippen LogP) is 5.56. The van der Waals surface area contributed by atoms with Gasteiger partial charge in [0.1, 0.15) is 0 Å². The van der Waals surface area contributed by atoms with E-state index in [2.05, 4.69) is 4.18 Å². The highest BCUT2D eigenvalue weighted by molar-refractivity contribution is 8.00. The van der Waals surface area contributed by atoms with Crippen LogP contribution < -0.4 is 0 Å². The molecule has 0 spiro atoms. The van der Waals surface area contributed by atoms with Crippen LogP contribution >= 0.6 is 11.8 Å². The van der Waals surface area contributed by atoms with E-state index < -0.39 is 33.5 Å². The van der Waals surface area contributed by atoms with E-state index in [4.69, 9.17) is 0 Å². The Bertz CT molecular complexity index is 333. The highest BCUT2D eigenvalue weighted by Crippen LogP contribution is 2.40. The van der Waals surface area contributed by atoms with E-state index in [0.29, 0.717) is 25.7 Å². The summed E-state index contributed by atoms with van der Waals surface area (Å²) in [5.41, 5.74) is -9.67. The summed E-state index contributed by atoms with van der Waals surface area (Å²) in [7, 11) is 0. The van der Waals surface area contributed by atoms with E-state index in [1.165, 1.54) is 0 Å². The van der Waals surface area contributed by atoms with Gasteiger partial charge >= 0.3 is 11.0 Å². The Hall–Kier alpha value is 0.0400. The van der Waals surface area contributed by atoms with Gasteiger partial charge in [0.15, 0.2) is 0 Å². The molecule has 0 rings (SSSR count). The molecule has 0 aromatic rings. The summed E-state index contributed by atoms with van der Waals surface area (Å²) in [6.45, 7) is 3.53. The van der Waals surface area contributed by atoms with Gasteiger partial charge in [-0.1, -0.05) is 39.5 Å². The highest BCUT2D eigenvalue weighted by atomic mass is 32.2. The van der Waals surface area contributed by atoms with Gasteiger partial charge < -0.3 is 0 Å². The predicted molar refractivity (Wildman–Crippen MR) is 75.6 cm³/mol. The minimum Gasteiger partial charge on any atom is -0.279 e. The molecule has 10 heteroatoms. The van der Waals surface area contributed by atoms with E-state index in [0.717, 1.165) is 0 Å². The van der Waals surface area contributed by atoms with Crippen molar-refractivity contribution in [3.8, 4) is 0 Å².